The lowest BCUT2D eigenvalue weighted by Crippen LogP contribution is -2.71. The predicted octanol–water partition coefficient (Wildman–Crippen LogP) is -15.1. The molecule has 91 heavy (non-hydrogen) atoms. The van der Waals surface area contributed by atoms with Crippen molar-refractivity contribution in [3.63, 3.8) is 0 Å². The molecule has 6 rings (SSSR count). The maximum absolute atomic E-state index is 13.1. The van der Waals surface area contributed by atoms with E-state index in [4.69, 9.17) is 52.1 Å². The Balaban J connectivity index is 1.23. The molecule has 0 aromatic rings. The third-order valence-corrected chi connectivity index (χ3v) is 16.0. The van der Waals surface area contributed by atoms with Crippen LogP contribution in [0, 0.1) is 0 Å². The molecule has 0 saturated carbocycles. The van der Waals surface area contributed by atoms with Crippen LogP contribution in [0.5, 0.6) is 0 Å². The summed E-state index contributed by atoms with van der Waals surface area (Å²) in [6.45, 7) is -2.91. The van der Waals surface area contributed by atoms with Crippen molar-refractivity contribution in [2.45, 2.75) is 236 Å². The summed E-state index contributed by atoms with van der Waals surface area (Å²) < 4.78 is 63.0. The fraction of sp³-hybridized carbons (Fsp3) is 0.880. The van der Waals surface area contributed by atoms with Crippen LogP contribution in [0.15, 0.2) is 0 Å². The Bertz CT molecular complexity index is 2450. The second-order valence-electron chi connectivity index (χ2n) is 22.6. The van der Waals surface area contributed by atoms with Crippen LogP contribution in [0.2, 0.25) is 0 Å². The summed E-state index contributed by atoms with van der Waals surface area (Å²) in [5, 5.41) is 227. The minimum atomic E-state index is -3.24. The molecule has 0 spiro atoms. The normalized spacial score (nSPS) is 43.5. The molecule has 41 nitrogen and oxygen atoms in total. The summed E-state index contributed by atoms with van der Waals surface area (Å²) in [5.74, 6) is -14.2. The van der Waals surface area contributed by atoms with E-state index in [2.05, 4.69) is 21.3 Å². The standard InChI is InChI=1S/C50H82N4O37/c1-13(60)51-25-17(64)5-49(47(77)78,88-39(25)29(68)19(66)7-55)90-41-31(70)21(9-57)83-45(35(41)74)86-37-23(11-59)85-44(27(34(37)73)53-15(3)62)81-12-24-33(72)38(28(43(76)82-24)54-16(4)63)87-46-36(75)42(32(71)22(10-58)84-46)91-50(48(79)80)6-18(65)26(52-14(2)61)40(89-50)30(69)20(67)8-56/h17-46,55-59,64-76H,5-12H2,1-4H3,(H,51,60)(H,52,61)(H,53,62)(H,54,63)(H,77,78)(H,79,80)/t17-,18-,19-,20-,21-,22-,23-,24+,25+,26+,27+,28-,29-,30-,31+,32+,33?,34+,35+,36+,37-,38+,39-,40-,41-,42-,43+,44-,45+,46+,49-,50-/m0/s1. The SMILES string of the molecule is CC(=O)N[C@@H]1[C@H](O)O[C@H](CO[C@H]2O[C@@H](CO)[C@H](O[C@H]3O[C@@H](CO)[C@@H](O)[C@H](O[C@]4(C(=O)O)C[C@H](O)[C@@H](NC(C)=O)[C@@H]([C@@H](O)[C@@H](O)CO)O4)[C@H]3O)[C@H](O)[C@H]2NC(C)=O)C(O)[C@@H]1O[C@H]1O[C@@H](CO)[C@@H](O)[C@H](O[C@]2(C(=O)O)C[C@H](O)[C@@H](NC(C)=O)[C@@H]([C@@H](O)[C@@H](O)CO)O2)[C@H]1O. The summed E-state index contributed by atoms with van der Waals surface area (Å²) in [5.41, 5.74) is 0. The highest BCUT2D eigenvalue weighted by molar-refractivity contribution is 5.78. The molecule has 0 aliphatic carbocycles. The average molecular weight is 1330 g/mol. The minimum Gasteiger partial charge on any atom is -0.477 e. The topological polar surface area (TPSA) is 657 Å². The zero-order valence-electron chi connectivity index (χ0n) is 48.9. The van der Waals surface area contributed by atoms with Crippen LogP contribution >= 0.6 is 0 Å². The first kappa shape index (κ1) is 75.7. The number of carbonyl (C=O) groups is 6. The van der Waals surface area contributed by atoms with E-state index in [1.807, 2.05) is 0 Å². The molecule has 6 aliphatic heterocycles. The van der Waals surface area contributed by atoms with Crippen LogP contribution in [0.3, 0.4) is 0 Å². The maximum atomic E-state index is 13.1. The average Bonchev–Trinajstić information content (AvgIpc) is 0.777. The van der Waals surface area contributed by atoms with Crippen molar-refractivity contribution in [1.29, 1.82) is 0 Å². The predicted molar refractivity (Wildman–Crippen MR) is 280 cm³/mol. The molecule has 524 valence electrons. The second kappa shape index (κ2) is 31.9. The molecule has 6 heterocycles. The van der Waals surface area contributed by atoms with Crippen LogP contribution in [0.25, 0.3) is 0 Å². The number of hydrogen-bond acceptors (Lipinski definition) is 35. The number of ether oxygens (including phenoxy) is 11. The van der Waals surface area contributed by atoms with E-state index < -0.39 is 283 Å². The molecule has 24 N–H and O–H groups in total. The second-order valence-corrected chi connectivity index (χ2v) is 22.6. The van der Waals surface area contributed by atoms with Gasteiger partial charge in [-0.3, -0.25) is 19.2 Å². The van der Waals surface area contributed by atoms with Gasteiger partial charge in [0.05, 0.1) is 63.9 Å². The number of carbonyl (C=O) groups excluding carboxylic acids is 4. The highest BCUT2D eigenvalue weighted by Gasteiger charge is 2.63. The van der Waals surface area contributed by atoms with Gasteiger partial charge in [0.2, 0.25) is 23.6 Å². The maximum Gasteiger partial charge on any atom is 0.364 e. The van der Waals surface area contributed by atoms with Gasteiger partial charge in [-0.25, -0.2) is 9.59 Å². The van der Waals surface area contributed by atoms with Gasteiger partial charge in [-0.05, 0) is 0 Å². The number of nitrogens with one attached hydrogen (secondary N) is 4. The first-order valence-electron chi connectivity index (χ1n) is 28.3. The van der Waals surface area contributed by atoms with Crippen molar-refractivity contribution in [1.82, 2.24) is 21.3 Å². The Labute approximate surface area is 514 Å². The molecule has 6 aliphatic rings. The third kappa shape index (κ3) is 16.8. The zero-order chi connectivity index (χ0) is 68.0. The van der Waals surface area contributed by atoms with Crippen molar-refractivity contribution in [2.24, 2.45) is 0 Å². The molecule has 0 bridgehead atoms. The van der Waals surface area contributed by atoms with Crippen molar-refractivity contribution < 1.29 is 183 Å². The summed E-state index contributed by atoms with van der Waals surface area (Å²) >= 11 is 0. The van der Waals surface area contributed by atoms with Crippen LogP contribution in [-0.4, -0.2) is 373 Å². The van der Waals surface area contributed by atoms with Crippen molar-refractivity contribution >= 4 is 35.6 Å². The van der Waals surface area contributed by atoms with Crippen LogP contribution in [-0.2, 0) is 80.9 Å². The molecule has 32 atom stereocenters. The Morgan fingerprint density at radius 1 is 0.451 bits per heavy atom. The van der Waals surface area contributed by atoms with Gasteiger partial charge in [-0.1, -0.05) is 0 Å². The van der Waals surface area contributed by atoms with Crippen molar-refractivity contribution in [3.8, 4) is 0 Å². The number of rotatable bonds is 26. The third-order valence-electron chi connectivity index (χ3n) is 16.0. The minimum absolute atomic E-state index is 0.840. The molecular weight excluding hydrogens is 1250 g/mol. The summed E-state index contributed by atoms with van der Waals surface area (Å²) in [6.07, 6.45) is -58.0. The number of aliphatic hydroxyl groups excluding tert-OH is 18. The lowest BCUT2D eigenvalue weighted by Gasteiger charge is -2.51. The van der Waals surface area contributed by atoms with Crippen LogP contribution in [0.4, 0.5) is 0 Å². The monoisotopic (exact) mass is 1330 g/mol. The van der Waals surface area contributed by atoms with E-state index in [0.29, 0.717) is 0 Å². The fourth-order valence-electron chi connectivity index (χ4n) is 11.4. The Kier molecular flexibility index (Phi) is 26.6. The Morgan fingerprint density at radius 3 is 1.19 bits per heavy atom. The first-order valence-corrected chi connectivity index (χ1v) is 28.3. The number of aliphatic carboxylic acids is 2. The quantitative estimate of drug-likeness (QED) is 0.0382. The van der Waals surface area contributed by atoms with Gasteiger partial charge < -0.3 is 176 Å². The van der Waals surface area contributed by atoms with Gasteiger partial charge in [-0.2, -0.15) is 0 Å². The summed E-state index contributed by atoms with van der Waals surface area (Å²) in [6, 6.07) is -7.07. The van der Waals surface area contributed by atoms with Crippen LogP contribution < -0.4 is 21.3 Å². The van der Waals surface area contributed by atoms with Gasteiger partial charge in [0.15, 0.2) is 25.2 Å². The Morgan fingerprint density at radius 2 is 0.813 bits per heavy atom. The lowest BCUT2D eigenvalue weighted by molar-refractivity contribution is -0.385. The summed E-state index contributed by atoms with van der Waals surface area (Å²) in [4.78, 5) is 75.5. The lowest BCUT2D eigenvalue weighted by atomic mass is 9.88. The van der Waals surface area contributed by atoms with Gasteiger partial charge >= 0.3 is 11.9 Å². The molecule has 1 unspecified atom stereocenters. The Hall–Kier alpha value is -4.34. The van der Waals surface area contributed by atoms with Crippen LogP contribution in [0.1, 0.15) is 40.5 Å². The van der Waals surface area contributed by atoms with Gasteiger partial charge in [-0.15, -0.1) is 0 Å². The molecule has 6 fully saturated rings. The van der Waals surface area contributed by atoms with E-state index in [1.54, 1.807) is 0 Å². The van der Waals surface area contributed by atoms with Crippen molar-refractivity contribution in [3.05, 3.63) is 0 Å². The molecule has 0 radical (unpaired) electrons. The smallest absolute Gasteiger partial charge is 0.364 e. The van der Waals surface area contributed by atoms with Gasteiger partial charge in [0.1, 0.15) is 134 Å². The number of carboxylic acid groups (broad SMARTS) is 2. The largest absolute Gasteiger partial charge is 0.477 e. The molecule has 41 heteroatoms. The van der Waals surface area contributed by atoms with Crippen molar-refractivity contribution in [2.75, 3.05) is 39.6 Å². The highest BCUT2D eigenvalue weighted by Crippen LogP contribution is 2.41. The highest BCUT2D eigenvalue weighted by atomic mass is 16.8. The van der Waals surface area contributed by atoms with E-state index >= 15 is 0 Å². The van der Waals surface area contributed by atoms with E-state index in [9.17, 15) is 131 Å². The molecule has 0 aromatic heterocycles. The first-order chi connectivity index (χ1) is 42.6. The molecule has 4 amide bonds. The number of hydrogen-bond donors (Lipinski definition) is 24. The van der Waals surface area contributed by atoms with E-state index in [1.165, 1.54) is 0 Å². The number of aliphatic hydroxyl groups is 18. The summed E-state index contributed by atoms with van der Waals surface area (Å²) in [7, 11) is 0. The molecular formula is C50H82N4O37. The zero-order valence-corrected chi connectivity index (χ0v) is 48.9. The van der Waals surface area contributed by atoms with Gasteiger partial charge in [0, 0.05) is 40.5 Å². The van der Waals surface area contributed by atoms with E-state index in [0.717, 1.165) is 27.7 Å². The fourth-order valence-corrected chi connectivity index (χ4v) is 11.4. The number of carboxylic acids is 2. The molecule has 0 aromatic carbocycles. The van der Waals surface area contributed by atoms with Gasteiger partial charge in [0.25, 0.3) is 11.6 Å². The number of amides is 4. The molecule has 6 saturated heterocycles. The van der Waals surface area contributed by atoms with E-state index in [-0.39, 0.29) is 0 Å².